The molecule has 0 bridgehead atoms. The number of β-amino-alcohol motifs (C(OH)–C–C–N with tert-alkyl or cyclic N) is 1. The van der Waals surface area contributed by atoms with E-state index in [1.165, 1.54) is 0 Å². The summed E-state index contributed by atoms with van der Waals surface area (Å²) in [5.41, 5.74) is 0.899. The molecule has 28 heavy (non-hydrogen) atoms. The number of piperidine rings is 1. The highest BCUT2D eigenvalue weighted by atomic mass is 35.5. The Morgan fingerprint density at radius 3 is 2.57 bits per heavy atom. The third kappa shape index (κ3) is 4.82. The molecule has 158 valence electrons. The number of halogens is 4. The van der Waals surface area contributed by atoms with Gasteiger partial charge in [-0.25, -0.2) is 22.9 Å². The summed E-state index contributed by atoms with van der Waals surface area (Å²) in [5.74, 6) is 1.25. The van der Waals surface area contributed by atoms with Crippen molar-refractivity contribution in [2.24, 2.45) is 0 Å². The number of alkyl halides is 3. The average molecular weight is 445 g/mol. The molecule has 0 saturated carbocycles. The average Bonchev–Trinajstić information content (AvgIpc) is 2.91. The molecule has 1 atom stereocenters. The maximum Gasteiger partial charge on any atom is 0.511 e. The van der Waals surface area contributed by atoms with Crippen molar-refractivity contribution in [3.05, 3.63) is 17.2 Å². The summed E-state index contributed by atoms with van der Waals surface area (Å²) in [7, 11) is -5.26. The van der Waals surface area contributed by atoms with Crippen molar-refractivity contribution in [1.29, 1.82) is 0 Å². The SMILES string of the molecule is CC(C)c1nc(Cl)c2cnc(N)nn12.O=S(=O)(N1CCCC(O)C1)C(F)(F)F. The highest BCUT2D eigenvalue weighted by Gasteiger charge is 2.50. The lowest BCUT2D eigenvalue weighted by Gasteiger charge is -2.29. The van der Waals surface area contributed by atoms with Crippen LogP contribution >= 0.6 is 11.6 Å². The van der Waals surface area contributed by atoms with E-state index in [-0.39, 0.29) is 29.1 Å². The van der Waals surface area contributed by atoms with Crippen molar-refractivity contribution < 1.29 is 26.7 Å². The summed E-state index contributed by atoms with van der Waals surface area (Å²) in [5, 5.41) is 13.5. The summed E-state index contributed by atoms with van der Waals surface area (Å²) in [6.07, 6.45) is 1.16. The Kier molecular flexibility index (Phi) is 6.74. The van der Waals surface area contributed by atoms with Gasteiger partial charge in [-0.2, -0.15) is 17.5 Å². The molecule has 0 amide bonds. The molecule has 1 fully saturated rings. The Bertz CT molecular complexity index is 934. The molecule has 9 nitrogen and oxygen atoms in total. The van der Waals surface area contributed by atoms with Crippen molar-refractivity contribution in [2.45, 2.75) is 44.2 Å². The van der Waals surface area contributed by atoms with Gasteiger partial charge in [0.1, 0.15) is 11.3 Å². The zero-order valence-electron chi connectivity index (χ0n) is 15.1. The monoisotopic (exact) mass is 444 g/mol. The van der Waals surface area contributed by atoms with Gasteiger partial charge in [-0.3, -0.25) is 0 Å². The fraction of sp³-hybridized carbons (Fsp3) is 0.643. The van der Waals surface area contributed by atoms with Crippen LogP contribution in [0.3, 0.4) is 0 Å². The molecule has 0 aliphatic carbocycles. The summed E-state index contributed by atoms with van der Waals surface area (Å²) >= 11 is 5.92. The van der Waals surface area contributed by atoms with Gasteiger partial charge in [0, 0.05) is 19.0 Å². The zero-order valence-corrected chi connectivity index (χ0v) is 16.6. The second kappa shape index (κ2) is 8.35. The number of nitrogens with two attached hydrogens (primary N) is 1. The van der Waals surface area contributed by atoms with Gasteiger partial charge >= 0.3 is 15.5 Å². The van der Waals surface area contributed by atoms with Crippen molar-refractivity contribution in [1.82, 2.24) is 23.9 Å². The third-order valence-corrected chi connectivity index (χ3v) is 5.77. The van der Waals surface area contributed by atoms with Crippen molar-refractivity contribution in [2.75, 3.05) is 18.8 Å². The molecule has 2 aromatic heterocycles. The van der Waals surface area contributed by atoms with E-state index in [4.69, 9.17) is 22.4 Å². The number of sulfonamides is 1. The van der Waals surface area contributed by atoms with Crippen LogP contribution in [0.25, 0.3) is 5.52 Å². The number of hydrogen-bond donors (Lipinski definition) is 2. The molecule has 1 aliphatic rings. The fourth-order valence-electron chi connectivity index (χ4n) is 2.54. The molecule has 3 N–H and O–H groups in total. The maximum absolute atomic E-state index is 12.0. The van der Waals surface area contributed by atoms with Gasteiger partial charge in [-0.05, 0) is 12.8 Å². The van der Waals surface area contributed by atoms with E-state index in [0.717, 1.165) is 5.82 Å². The van der Waals surface area contributed by atoms with Gasteiger partial charge in [-0.15, -0.1) is 5.10 Å². The van der Waals surface area contributed by atoms with Gasteiger partial charge in [0.05, 0.1) is 12.3 Å². The summed E-state index contributed by atoms with van der Waals surface area (Å²) in [6, 6.07) is 0. The molecule has 1 aliphatic heterocycles. The molecule has 1 unspecified atom stereocenters. The minimum Gasteiger partial charge on any atom is -0.392 e. The molecule has 3 heterocycles. The largest absolute Gasteiger partial charge is 0.511 e. The van der Waals surface area contributed by atoms with Crippen LogP contribution in [0.4, 0.5) is 19.1 Å². The number of rotatable bonds is 2. The highest BCUT2D eigenvalue weighted by Crippen LogP contribution is 2.28. The first-order chi connectivity index (χ1) is 12.8. The van der Waals surface area contributed by atoms with Crippen LogP contribution in [0.2, 0.25) is 5.15 Å². The van der Waals surface area contributed by atoms with E-state index >= 15 is 0 Å². The first-order valence-electron chi connectivity index (χ1n) is 8.25. The molecule has 0 spiro atoms. The Balaban J connectivity index is 0.000000200. The smallest absolute Gasteiger partial charge is 0.392 e. The zero-order chi connectivity index (χ0) is 21.3. The topological polar surface area (TPSA) is 127 Å². The summed E-state index contributed by atoms with van der Waals surface area (Å²) < 4.78 is 59.7. The quantitative estimate of drug-likeness (QED) is 0.722. The molecule has 1 saturated heterocycles. The first-order valence-corrected chi connectivity index (χ1v) is 10.1. The minimum absolute atomic E-state index is 0.182. The summed E-state index contributed by atoms with van der Waals surface area (Å²) in [6.45, 7) is 3.38. The Hall–Kier alpha value is -1.70. The predicted octanol–water partition coefficient (Wildman–Crippen LogP) is 1.78. The van der Waals surface area contributed by atoms with Crippen molar-refractivity contribution >= 4 is 33.1 Å². The van der Waals surface area contributed by atoms with Crippen molar-refractivity contribution in [3.8, 4) is 0 Å². The Morgan fingerprint density at radius 2 is 2.04 bits per heavy atom. The number of hydrogen-bond acceptors (Lipinski definition) is 7. The predicted molar refractivity (Wildman–Crippen MR) is 96.1 cm³/mol. The fourth-order valence-corrected chi connectivity index (χ4v) is 3.79. The van der Waals surface area contributed by atoms with Gasteiger partial charge < -0.3 is 10.8 Å². The van der Waals surface area contributed by atoms with Gasteiger partial charge in [0.15, 0.2) is 5.15 Å². The van der Waals surface area contributed by atoms with Crippen molar-refractivity contribution in [3.63, 3.8) is 0 Å². The van der Waals surface area contributed by atoms with Gasteiger partial charge in [-0.1, -0.05) is 25.4 Å². The Labute approximate surface area is 164 Å². The van der Waals surface area contributed by atoms with Gasteiger partial charge in [0.2, 0.25) is 5.95 Å². The van der Waals surface area contributed by atoms with Crippen LogP contribution in [0, 0.1) is 0 Å². The molecular formula is C14H20ClF3N6O3S. The maximum atomic E-state index is 12.0. The molecule has 0 radical (unpaired) electrons. The number of aliphatic hydroxyl groups is 1. The van der Waals surface area contributed by atoms with Crippen LogP contribution < -0.4 is 5.73 Å². The molecule has 2 aromatic rings. The van der Waals surface area contributed by atoms with Crippen LogP contribution in [0.15, 0.2) is 6.20 Å². The normalized spacial score (nSPS) is 18.9. The molecular weight excluding hydrogens is 425 g/mol. The second-order valence-electron chi connectivity index (χ2n) is 6.43. The van der Waals surface area contributed by atoms with Crippen LogP contribution in [-0.4, -0.2) is 62.1 Å². The number of imidazole rings is 1. The van der Waals surface area contributed by atoms with E-state index in [1.807, 2.05) is 13.8 Å². The lowest BCUT2D eigenvalue weighted by atomic mass is 10.1. The van der Waals surface area contributed by atoms with Crippen LogP contribution in [0.5, 0.6) is 0 Å². The van der Waals surface area contributed by atoms with E-state index in [1.54, 1.807) is 10.7 Å². The number of nitrogens with zero attached hydrogens (tertiary/aromatic N) is 5. The lowest BCUT2D eigenvalue weighted by Crippen LogP contribution is -2.47. The third-order valence-electron chi connectivity index (χ3n) is 3.90. The van der Waals surface area contributed by atoms with E-state index < -0.39 is 28.2 Å². The summed E-state index contributed by atoms with van der Waals surface area (Å²) in [4.78, 5) is 8.06. The second-order valence-corrected chi connectivity index (χ2v) is 8.72. The number of aromatic nitrogens is 4. The number of anilines is 1. The number of fused-ring (bicyclic) bond motifs is 1. The van der Waals surface area contributed by atoms with Crippen LogP contribution in [0.1, 0.15) is 38.4 Å². The highest BCUT2D eigenvalue weighted by molar-refractivity contribution is 7.90. The number of nitrogen functional groups attached to an aromatic ring is 1. The molecule has 0 aromatic carbocycles. The van der Waals surface area contributed by atoms with E-state index in [2.05, 4.69) is 15.1 Å². The lowest BCUT2D eigenvalue weighted by molar-refractivity contribution is -0.0508. The minimum atomic E-state index is -5.27. The molecule has 14 heteroatoms. The number of aliphatic hydroxyl groups excluding tert-OH is 1. The van der Waals surface area contributed by atoms with Gasteiger partial charge in [0.25, 0.3) is 0 Å². The standard InChI is InChI=1S/C8H10ClN5.C6H10F3NO3S/c1-4(2)7-12-6(9)5-3-11-8(10)13-14(5)7;7-6(8,9)14(12,13)10-3-1-2-5(11)4-10/h3-4H,1-2H3,(H2,10,13);5,11H,1-4H2. The first kappa shape index (κ1) is 22.6. The van der Waals surface area contributed by atoms with E-state index in [9.17, 15) is 21.6 Å². The van der Waals surface area contributed by atoms with E-state index in [0.29, 0.717) is 17.1 Å². The molecule has 3 rings (SSSR count). The van der Waals surface area contributed by atoms with Crippen LogP contribution in [-0.2, 0) is 10.0 Å². The Morgan fingerprint density at radius 1 is 1.39 bits per heavy atom.